The molecule has 2 aliphatic heterocycles. The number of aliphatic hydroxyl groups is 1. The first-order valence-corrected chi connectivity index (χ1v) is 7.43. The topological polar surface area (TPSA) is 62.1 Å². The molecule has 6 heteroatoms. The summed E-state index contributed by atoms with van der Waals surface area (Å²) in [7, 11) is 0. The molecule has 0 saturated carbocycles. The maximum atomic E-state index is 12.4. The van der Waals surface area contributed by atoms with Gasteiger partial charge in [0.15, 0.2) is 0 Å². The van der Waals surface area contributed by atoms with E-state index in [0.29, 0.717) is 24.5 Å². The molecule has 21 heavy (non-hydrogen) atoms. The smallest absolute Gasteiger partial charge is 0.266 e. The molecule has 1 saturated heterocycles. The summed E-state index contributed by atoms with van der Waals surface area (Å²) in [4.78, 5) is 19.4. The number of hydrogen-bond acceptors (Lipinski definition) is 4. The van der Waals surface area contributed by atoms with Crippen LogP contribution in [0.15, 0.2) is 29.4 Å². The van der Waals surface area contributed by atoms with E-state index in [2.05, 4.69) is 5.16 Å². The average molecular weight is 309 g/mol. The van der Waals surface area contributed by atoms with Crippen LogP contribution in [0.2, 0.25) is 5.02 Å². The highest BCUT2D eigenvalue weighted by atomic mass is 35.5. The molecule has 1 aromatic carbocycles. The Morgan fingerprint density at radius 3 is 2.86 bits per heavy atom. The molecule has 112 valence electrons. The highest BCUT2D eigenvalue weighted by Gasteiger charge is 2.35. The Hall–Kier alpha value is -1.59. The van der Waals surface area contributed by atoms with Crippen LogP contribution in [-0.2, 0) is 9.63 Å². The second kappa shape index (κ2) is 6.03. The van der Waals surface area contributed by atoms with E-state index in [1.165, 1.54) is 0 Å². The minimum Gasteiger partial charge on any atom is -0.396 e. The van der Waals surface area contributed by atoms with E-state index in [0.717, 1.165) is 17.7 Å². The second-order valence-corrected chi connectivity index (χ2v) is 5.90. The number of hydrogen-bond donors (Lipinski definition) is 1. The average Bonchev–Trinajstić information content (AvgIpc) is 3.16. The van der Waals surface area contributed by atoms with E-state index in [1.54, 1.807) is 17.0 Å². The van der Waals surface area contributed by atoms with Crippen LogP contribution in [0.25, 0.3) is 0 Å². The molecule has 5 nitrogen and oxygen atoms in total. The molecule has 0 radical (unpaired) electrons. The zero-order chi connectivity index (χ0) is 14.8. The number of aliphatic hydroxyl groups excluding tert-OH is 1. The molecule has 2 aliphatic rings. The standard InChI is InChI=1S/C15H17ClN2O3/c16-12-3-1-11(2-4-12)13-7-14(21-17-13)15(20)18-6-5-10(8-18)9-19/h1-4,10,14,19H,5-9H2/t10-,14+/m1/s1. The summed E-state index contributed by atoms with van der Waals surface area (Å²) < 4.78 is 0. The quantitative estimate of drug-likeness (QED) is 0.924. The maximum Gasteiger partial charge on any atom is 0.266 e. The van der Waals surface area contributed by atoms with Crippen molar-refractivity contribution < 1.29 is 14.7 Å². The molecular weight excluding hydrogens is 292 g/mol. The molecule has 0 spiro atoms. The van der Waals surface area contributed by atoms with Gasteiger partial charge in [-0.05, 0) is 24.1 Å². The normalized spacial score (nSPS) is 24.9. The van der Waals surface area contributed by atoms with Gasteiger partial charge in [-0.15, -0.1) is 0 Å². The maximum absolute atomic E-state index is 12.4. The molecular formula is C15H17ClN2O3. The number of halogens is 1. The van der Waals surface area contributed by atoms with Gasteiger partial charge in [0.05, 0.1) is 5.71 Å². The zero-order valence-corrected chi connectivity index (χ0v) is 12.3. The molecule has 0 bridgehead atoms. The first-order chi connectivity index (χ1) is 10.2. The fraction of sp³-hybridized carbons (Fsp3) is 0.467. The lowest BCUT2D eigenvalue weighted by Crippen LogP contribution is -2.38. The van der Waals surface area contributed by atoms with Crippen LogP contribution in [-0.4, -0.2) is 47.4 Å². The van der Waals surface area contributed by atoms with Crippen molar-refractivity contribution >= 4 is 23.2 Å². The Balaban J connectivity index is 1.61. The van der Waals surface area contributed by atoms with Crippen molar-refractivity contribution in [2.45, 2.75) is 18.9 Å². The van der Waals surface area contributed by atoms with Crippen molar-refractivity contribution in [3.8, 4) is 0 Å². The van der Waals surface area contributed by atoms with Gasteiger partial charge in [-0.25, -0.2) is 0 Å². The predicted octanol–water partition coefficient (Wildman–Crippen LogP) is 1.67. The van der Waals surface area contributed by atoms with Gasteiger partial charge in [0.25, 0.3) is 5.91 Å². The summed E-state index contributed by atoms with van der Waals surface area (Å²) in [6, 6.07) is 7.33. The van der Waals surface area contributed by atoms with Crippen molar-refractivity contribution in [2.75, 3.05) is 19.7 Å². The molecule has 3 rings (SSSR count). The Morgan fingerprint density at radius 2 is 2.19 bits per heavy atom. The van der Waals surface area contributed by atoms with Gasteiger partial charge in [0, 0.05) is 37.1 Å². The lowest BCUT2D eigenvalue weighted by molar-refractivity contribution is -0.141. The highest BCUT2D eigenvalue weighted by molar-refractivity contribution is 6.30. The molecule has 0 aliphatic carbocycles. The number of carbonyl (C=O) groups excluding carboxylic acids is 1. The lowest BCUT2D eigenvalue weighted by Gasteiger charge is -2.18. The molecule has 0 unspecified atom stereocenters. The fourth-order valence-corrected chi connectivity index (χ4v) is 2.83. The van der Waals surface area contributed by atoms with E-state index >= 15 is 0 Å². The number of carbonyl (C=O) groups is 1. The van der Waals surface area contributed by atoms with Crippen molar-refractivity contribution in [1.82, 2.24) is 4.90 Å². The SMILES string of the molecule is O=C([C@@H]1CC(c2ccc(Cl)cc2)=NO1)N1CC[C@@H](CO)C1. The van der Waals surface area contributed by atoms with Crippen LogP contribution in [0.3, 0.4) is 0 Å². The summed E-state index contributed by atoms with van der Waals surface area (Å²) in [6.07, 6.45) is 0.772. The monoisotopic (exact) mass is 308 g/mol. The molecule has 1 fully saturated rings. The minimum absolute atomic E-state index is 0.0429. The summed E-state index contributed by atoms with van der Waals surface area (Å²) >= 11 is 5.86. The number of rotatable bonds is 3. The van der Waals surface area contributed by atoms with Gasteiger partial charge in [-0.3, -0.25) is 4.79 Å². The Kier molecular flexibility index (Phi) is 4.12. The van der Waals surface area contributed by atoms with E-state index in [4.69, 9.17) is 21.5 Å². The van der Waals surface area contributed by atoms with E-state index in [-0.39, 0.29) is 18.4 Å². The van der Waals surface area contributed by atoms with Gasteiger partial charge >= 0.3 is 0 Å². The van der Waals surface area contributed by atoms with Crippen LogP contribution in [0, 0.1) is 5.92 Å². The van der Waals surface area contributed by atoms with Gasteiger partial charge in [-0.1, -0.05) is 28.9 Å². The van der Waals surface area contributed by atoms with Gasteiger partial charge in [0.2, 0.25) is 6.10 Å². The first kappa shape index (κ1) is 14.4. The third kappa shape index (κ3) is 3.04. The lowest BCUT2D eigenvalue weighted by atomic mass is 10.0. The Labute approximate surface area is 128 Å². The predicted molar refractivity (Wildman–Crippen MR) is 79.3 cm³/mol. The number of amides is 1. The molecule has 1 amide bonds. The molecule has 0 aromatic heterocycles. The fourth-order valence-electron chi connectivity index (χ4n) is 2.71. The van der Waals surface area contributed by atoms with E-state index in [9.17, 15) is 4.79 Å². The van der Waals surface area contributed by atoms with Crippen LogP contribution < -0.4 is 0 Å². The first-order valence-electron chi connectivity index (χ1n) is 7.05. The molecule has 1 aromatic rings. The number of benzene rings is 1. The largest absolute Gasteiger partial charge is 0.396 e. The summed E-state index contributed by atoms with van der Waals surface area (Å²) in [5, 5.41) is 13.8. The number of likely N-dealkylation sites (tertiary alicyclic amines) is 1. The summed E-state index contributed by atoms with van der Waals surface area (Å²) in [5.41, 5.74) is 1.69. The van der Waals surface area contributed by atoms with Crippen molar-refractivity contribution in [1.29, 1.82) is 0 Å². The third-order valence-corrected chi connectivity index (χ3v) is 4.23. The van der Waals surface area contributed by atoms with Gasteiger partial charge < -0.3 is 14.8 Å². The van der Waals surface area contributed by atoms with Crippen molar-refractivity contribution in [2.24, 2.45) is 11.1 Å². The van der Waals surface area contributed by atoms with Gasteiger partial charge in [0.1, 0.15) is 0 Å². The zero-order valence-electron chi connectivity index (χ0n) is 11.5. The second-order valence-electron chi connectivity index (χ2n) is 5.46. The van der Waals surface area contributed by atoms with Crippen LogP contribution in [0.4, 0.5) is 0 Å². The third-order valence-electron chi connectivity index (χ3n) is 3.98. The number of nitrogens with zero attached hydrogens (tertiary/aromatic N) is 2. The Bertz CT molecular complexity index is 559. The van der Waals surface area contributed by atoms with Crippen LogP contribution >= 0.6 is 11.6 Å². The van der Waals surface area contributed by atoms with Gasteiger partial charge in [-0.2, -0.15) is 0 Å². The minimum atomic E-state index is -0.548. The van der Waals surface area contributed by atoms with Crippen molar-refractivity contribution in [3.05, 3.63) is 34.9 Å². The molecule has 2 heterocycles. The molecule has 1 N–H and O–H groups in total. The van der Waals surface area contributed by atoms with Crippen LogP contribution in [0.1, 0.15) is 18.4 Å². The molecule has 2 atom stereocenters. The van der Waals surface area contributed by atoms with E-state index < -0.39 is 6.10 Å². The highest BCUT2D eigenvalue weighted by Crippen LogP contribution is 2.23. The summed E-state index contributed by atoms with van der Waals surface area (Å²) in [6.45, 7) is 1.41. The number of oxime groups is 1. The summed E-state index contributed by atoms with van der Waals surface area (Å²) in [5.74, 6) is 0.144. The Morgan fingerprint density at radius 1 is 1.43 bits per heavy atom. The van der Waals surface area contributed by atoms with Crippen LogP contribution in [0.5, 0.6) is 0 Å². The van der Waals surface area contributed by atoms with E-state index in [1.807, 2.05) is 12.1 Å². The van der Waals surface area contributed by atoms with Crippen molar-refractivity contribution in [3.63, 3.8) is 0 Å².